The number of hydrogen-bond acceptors (Lipinski definition) is 5. The number of aryl methyl sites for hydroxylation is 3. The smallest absolute Gasteiger partial charge is 0.296 e. The van der Waals surface area contributed by atoms with Crippen LogP contribution >= 0.6 is 0 Å². The van der Waals surface area contributed by atoms with Gasteiger partial charge in [-0.2, -0.15) is 4.98 Å². The minimum Gasteiger partial charge on any atom is -0.493 e. The van der Waals surface area contributed by atoms with Crippen molar-refractivity contribution in [2.45, 2.75) is 81.4 Å². The van der Waals surface area contributed by atoms with Crippen LogP contribution in [0.15, 0.2) is 57.1 Å². The molecule has 0 radical (unpaired) electrons. The first-order valence-electron chi connectivity index (χ1n) is 12.1. The van der Waals surface area contributed by atoms with Gasteiger partial charge < -0.3 is 5.11 Å². The molecular weight excluding hydrogens is 448 g/mol. The van der Waals surface area contributed by atoms with Gasteiger partial charge in [0, 0.05) is 6.42 Å². The summed E-state index contributed by atoms with van der Waals surface area (Å²) in [4.78, 5) is 16.6. The lowest BCUT2D eigenvalue weighted by Gasteiger charge is -2.22. The van der Waals surface area contributed by atoms with E-state index in [-0.39, 0.29) is 4.90 Å². The molecule has 1 aliphatic rings. The molecule has 6 nitrogen and oxygen atoms in total. The number of unbranched alkanes of at least 4 members (excludes halogenated alkanes) is 1. The second-order valence-electron chi connectivity index (χ2n) is 8.90. The predicted octanol–water partition coefficient (Wildman–Crippen LogP) is 5.12. The number of sulfone groups is 1. The predicted molar refractivity (Wildman–Crippen MR) is 133 cm³/mol. The van der Waals surface area contributed by atoms with Crippen LogP contribution < -0.4 is 5.56 Å². The Morgan fingerprint density at radius 2 is 1.62 bits per heavy atom. The molecule has 1 N–H and O–H groups in total. The average molecular weight is 481 g/mol. The third-order valence-electron chi connectivity index (χ3n) is 6.55. The normalized spacial score (nSPS) is 13.9. The highest BCUT2D eigenvalue weighted by molar-refractivity contribution is 7.91. The molecule has 0 bridgehead atoms. The molecule has 0 saturated heterocycles. The zero-order chi connectivity index (χ0) is 24.5. The summed E-state index contributed by atoms with van der Waals surface area (Å²) in [6.45, 7) is 6.05. The zero-order valence-electron chi connectivity index (χ0n) is 20.0. The molecule has 1 heterocycles. The molecule has 4 rings (SSSR count). The van der Waals surface area contributed by atoms with Crippen LogP contribution in [0.3, 0.4) is 0 Å². The summed E-state index contributed by atoms with van der Waals surface area (Å²) in [6, 6.07) is 12.5. The molecule has 0 atom stereocenters. The number of aromatic nitrogens is 2. The van der Waals surface area contributed by atoms with Gasteiger partial charge in [-0.05, 0) is 66.8 Å². The number of rotatable bonds is 9. The van der Waals surface area contributed by atoms with Gasteiger partial charge in [-0.1, -0.05) is 57.5 Å². The summed E-state index contributed by atoms with van der Waals surface area (Å²) < 4.78 is 28.7. The molecule has 1 saturated carbocycles. The van der Waals surface area contributed by atoms with E-state index in [9.17, 15) is 18.3 Å². The molecule has 0 amide bonds. The van der Waals surface area contributed by atoms with E-state index in [2.05, 4.69) is 4.98 Å². The van der Waals surface area contributed by atoms with Crippen LogP contribution in [-0.4, -0.2) is 23.1 Å². The van der Waals surface area contributed by atoms with Crippen LogP contribution in [0.1, 0.15) is 74.9 Å². The average Bonchev–Trinajstić information content (AvgIpc) is 3.68. The highest BCUT2D eigenvalue weighted by atomic mass is 32.2. The molecule has 0 spiro atoms. The summed E-state index contributed by atoms with van der Waals surface area (Å²) in [5.41, 5.74) is 2.80. The van der Waals surface area contributed by atoms with Gasteiger partial charge in [-0.15, -0.1) is 0 Å². The molecule has 0 aliphatic heterocycles. The molecule has 180 valence electrons. The van der Waals surface area contributed by atoms with Gasteiger partial charge >= 0.3 is 0 Å². The van der Waals surface area contributed by atoms with E-state index in [1.165, 1.54) is 16.7 Å². The fraction of sp³-hybridized carbons (Fsp3) is 0.407. The molecular formula is C27H32N2O4S. The maximum absolute atomic E-state index is 13.6. The van der Waals surface area contributed by atoms with Gasteiger partial charge in [0.2, 0.25) is 15.7 Å². The Balaban J connectivity index is 1.97. The highest BCUT2D eigenvalue weighted by Gasteiger charge is 2.31. The maximum Gasteiger partial charge on any atom is 0.296 e. The van der Waals surface area contributed by atoms with Crippen molar-refractivity contribution in [3.8, 4) is 11.6 Å². The third kappa shape index (κ3) is 4.41. The van der Waals surface area contributed by atoms with Crippen LogP contribution in [-0.2, 0) is 29.1 Å². The SMILES string of the molecule is CCCCc1nc(=O)c(S(=O)(=O)c2ccc(C3CC3)cc2)c(O)n1-c1c(CC)cccc1CC. The van der Waals surface area contributed by atoms with E-state index >= 15 is 0 Å². The van der Waals surface area contributed by atoms with Gasteiger partial charge in [0.1, 0.15) is 5.82 Å². The summed E-state index contributed by atoms with van der Waals surface area (Å²) in [6.07, 6.45) is 5.68. The van der Waals surface area contributed by atoms with Gasteiger partial charge in [-0.3, -0.25) is 9.36 Å². The zero-order valence-corrected chi connectivity index (χ0v) is 20.9. The Morgan fingerprint density at radius 3 is 2.15 bits per heavy atom. The van der Waals surface area contributed by atoms with Crippen molar-refractivity contribution in [1.29, 1.82) is 0 Å². The van der Waals surface area contributed by atoms with Crippen molar-refractivity contribution >= 4 is 9.84 Å². The van der Waals surface area contributed by atoms with Crippen molar-refractivity contribution in [2.75, 3.05) is 0 Å². The standard InChI is InChI=1S/C27H32N2O4S/c1-4-7-11-23-28-26(30)25(34(32,33)22-16-14-21(15-17-22)20-12-13-20)27(31)29(23)24-18(5-2)9-8-10-19(24)6-3/h8-10,14-17,20,31H,4-7,11-13H2,1-3H3. The molecule has 34 heavy (non-hydrogen) atoms. The largest absolute Gasteiger partial charge is 0.493 e. The molecule has 7 heteroatoms. The second kappa shape index (κ2) is 9.74. The van der Waals surface area contributed by atoms with Crippen LogP contribution in [0, 0.1) is 0 Å². The second-order valence-corrected chi connectivity index (χ2v) is 10.8. The van der Waals surface area contributed by atoms with Crippen LogP contribution in [0.25, 0.3) is 5.69 Å². The Hall–Kier alpha value is -2.93. The summed E-state index contributed by atoms with van der Waals surface area (Å²) in [5.74, 6) is 0.302. The Labute approximate surface area is 201 Å². The molecule has 2 aromatic carbocycles. The first-order chi connectivity index (χ1) is 16.3. The first kappa shape index (κ1) is 24.2. The number of aromatic hydroxyl groups is 1. The molecule has 3 aromatic rings. The van der Waals surface area contributed by atoms with E-state index in [4.69, 9.17) is 0 Å². The first-order valence-corrected chi connectivity index (χ1v) is 13.6. The topological polar surface area (TPSA) is 89.3 Å². The lowest BCUT2D eigenvalue weighted by atomic mass is 10.0. The van der Waals surface area contributed by atoms with Crippen LogP contribution in [0.5, 0.6) is 5.88 Å². The molecule has 1 aliphatic carbocycles. The van der Waals surface area contributed by atoms with Gasteiger partial charge in [0.05, 0.1) is 10.6 Å². The van der Waals surface area contributed by atoms with E-state index in [1.54, 1.807) is 12.1 Å². The summed E-state index contributed by atoms with van der Waals surface area (Å²) >= 11 is 0. The third-order valence-corrected chi connectivity index (χ3v) is 8.34. The number of hydrogen-bond donors (Lipinski definition) is 1. The fourth-order valence-electron chi connectivity index (χ4n) is 4.47. The number of para-hydroxylation sites is 1. The van der Waals surface area contributed by atoms with Crippen LogP contribution in [0.2, 0.25) is 0 Å². The maximum atomic E-state index is 13.6. The summed E-state index contributed by atoms with van der Waals surface area (Å²) in [5, 5.41) is 11.4. The summed E-state index contributed by atoms with van der Waals surface area (Å²) in [7, 11) is -4.28. The quantitative estimate of drug-likeness (QED) is 0.459. The van der Waals surface area contributed by atoms with Gasteiger partial charge in [-0.25, -0.2) is 8.42 Å². The fourth-order valence-corrected chi connectivity index (χ4v) is 5.80. The minimum absolute atomic E-state index is 0.0153. The monoisotopic (exact) mass is 480 g/mol. The van der Waals surface area contributed by atoms with E-state index in [1.807, 2.05) is 39.0 Å². The molecule has 1 aromatic heterocycles. The lowest BCUT2D eigenvalue weighted by Crippen LogP contribution is -2.25. The molecule has 0 unspecified atom stereocenters. The lowest BCUT2D eigenvalue weighted by molar-refractivity contribution is 0.409. The van der Waals surface area contributed by atoms with E-state index in [0.717, 1.165) is 42.4 Å². The molecule has 1 fully saturated rings. The van der Waals surface area contributed by atoms with Gasteiger partial charge in [0.25, 0.3) is 5.56 Å². The minimum atomic E-state index is -4.28. The van der Waals surface area contributed by atoms with E-state index < -0.39 is 26.2 Å². The van der Waals surface area contributed by atoms with Crippen molar-refractivity contribution in [2.24, 2.45) is 0 Å². The van der Waals surface area contributed by atoms with E-state index in [0.29, 0.717) is 36.7 Å². The Bertz CT molecular complexity index is 1330. The Kier molecular flexibility index (Phi) is 6.94. The van der Waals surface area contributed by atoms with Crippen LogP contribution in [0.4, 0.5) is 0 Å². The Morgan fingerprint density at radius 1 is 1.00 bits per heavy atom. The van der Waals surface area contributed by atoms with Crippen molar-refractivity contribution < 1.29 is 13.5 Å². The number of benzene rings is 2. The highest BCUT2D eigenvalue weighted by Crippen LogP contribution is 2.40. The van der Waals surface area contributed by atoms with Crippen molar-refractivity contribution in [3.63, 3.8) is 0 Å². The number of nitrogens with zero attached hydrogens (tertiary/aromatic N) is 2. The van der Waals surface area contributed by atoms with Gasteiger partial charge in [0.15, 0.2) is 4.90 Å². The van der Waals surface area contributed by atoms with Crippen molar-refractivity contribution in [3.05, 3.63) is 75.3 Å². The van der Waals surface area contributed by atoms with Crippen molar-refractivity contribution in [1.82, 2.24) is 9.55 Å².